The molecule has 2 saturated carbocycles. The highest BCUT2D eigenvalue weighted by atomic mass is 32.2. The molecule has 2 fully saturated rings. The average molecular weight is 425 g/mol. The fourth-order valence-corrected chi connectivity index (χ4v) is 5.53. The van der Waals surface area contributed by atoms with Crippen molar-refractivity contribution in [2.45, 2.75) is 43.8 Å². The summed E-state index contributed by atoms with van der Waals surface area (Å²) in [4.78, 5) is 9.32. The van der Waals surface area contributed by atoms with Crippen LogP contribution in [-0.2, 0) is 0 Å². The van der Waals surface area contributed by atoms with Crippen LogP contribution in [0.2, 0.25) is 0 Å². The van der Waals surface area contributed by atoms with Gasteiger partial charge in [0.2, 0.25) is 0 Å². The van der Waals surface area contributed by atoms with Crippen molar-refractivity contribution < 1.29 is 9.47 Å². The Bertz CT molecular complexity index is 974. The van der Waals surface area contributed by atoms with Crippen LogP contribution >= 0.6 is 11.8 Å². The summed E-state index contributed by atoms with van der Waals surface area (Å²) in [5.41, 5.74) is 1.88. The quantitative estimate of drug-likeness (QED) is 0.495. The van der Waals surface area contributed by atoms with Crippen LogP contribution in [0.25, 0.3) is 11.3 Å². The van der Waals surface area contributed by atoms with Gasteiger partial charge < -0.3 is 14.8 Å². The van der Waals surface area contributed by atoms with Gasteiger partial charge in [0.25, 0.3) is 0 Å². The topological polar surface area (TPSA) is 80.1 Å². The normalized spacial score (nSPS) is 23.1. The van der Waals surface area contributed by atoms with Gasteiger partial charge in [-0.25, -0.2) is 9.97 Å². The number of ether oxygens (including phenoxy) is 2. The van der Waals surface area contributed by atoms with Crippen molar-refractivity contribution in [1.29, 1.82) is 5.26 Å². The minimum absolute atomic E-state index is 0.273. The smallest absolute Gasteiger partial charge is 0.189 e. The number of nitriles is 1. The highest BCUT2D eigenvalue weighted by Gasteiger charge is 2.42. The van der Waals surface area contributed by atoms with Crippen LogP contribution in [0.15, 0.2) is 23.4 Å². The zero-order valence-corrected chi connectivity index (χ0v) is 18.8. The molecule has 4 atom stereocenters. The maximum absolute atomic E-state index is 10.0. The third kappa shape index (κ3) is 3.81. The number of aromatic nitrogens is 2. The van der Waals surface area contributed by atoms with E-state index >= 15 is 0 Å². The molecule has 2 bridgehead atoms. The molecule has 158 valence electrons. The minimum Gasteiger partial charge on any atom is -0.493 e. The second kappa shape index (κ2) is 8.73. The lowest BCUT2D eigenvalue weighted by molar-refractivity contribution is 0.304. The van der Waals surface area contributed by atoms with Crippen molar-refractivity contribution >= 4 is 17.6 Å². The summed E-state index contributed by atoms with van der Waals surface area (Å²) in [6, 6.07) is 8.21. The first-order valence-corrected chi connectivity index (χ1v) is 11.7. The van der Waals surface area contributed by atoms with Gasteiger partial charge in [-0.05, 0) is 68.4 Å². The van der Waals surface area contributed by atoms with E-state index in [2.05, 4.69) is 28.3 Å². The molecule has 4 unspecified atom stereocenters. The second-order valence-corrected chi connectivity index (χ2v) is 9.01. The molecule has 7 heteroatoms. The summed E-state index contributed by atoms with van der Waals surface area (Å²) in [5, 5.41) is 14.2. The van der Waals surface area contributed by atoms with Gasteiger partial charge in [0.1, 0.15) is 17.5 Å². The highest BCUT2D eigenvalue weighted by Crippen LogP contribution is 2.50. The van der Waals surface area contributed by atoms with Gasteiger partial charge in [-0.15, -0.1) is 0 Å². The lowest BCUT2D eigenvalue weighted by Gasteiger charge is -2.29. The van der Waals surface area contributed by atoms with Crippen molar-refractivity contribution in [3.8, 4) is 28.8 Å². The van der Waals surface area contributed by atoms with Gasteiger partial charge in [-0.1, -0.05) is 18.2 Å². The Hall–Kier alpha value is -2.46. The van der Waals surface area contributed by atoms with Crippen LogP contribution in [-0.4, -0.2) is 36.5 Å². The molecule has 6 nitrogen and oxygen atoms in total. The Kier molecular flexibility index (Phi) is 6.05. The summed E-state index contributed by atoms with van der Waals surface area (Å²) < 4.78 is 10.8. The Morgan fingerprint density at radius 1 is 1.17 bits per heavy atom. The molecule has 0 spiro atoms. The number of anilines is 1. The van der Waals surface area contributed by atoms with Crippen LogP contribution in [0.4, 0.5) is 5.82 Å². The van der Waals surface area contributed by atoms with Crippen LogP contribution in [0.3, 0.4) is 0 Å². The van der Waals surface area contributed by atoms with E-state index in [1.165, 1.54) is 37.4 Å². The molecule has 1 N–H and O–H groups in total. The first kappa shape index (κ1) is 20.8. The first-order valence-electron chi connectivity index (χ1n) is 10.4. The molecule has 0 amide bonds. The number of benzene rings is 1. The van der Waals surface area contributed by atoms with Crippen molar-refractivity contribution in [3.63, 3.8) is 0 Å². The van der Waals surface area contributed by atoms with Crippen molar-refractivity contribution in [2.24, 2.45) is 17.8 Å². The van der Waals surface area contributed by atoms with Gasteiger partial charge in [-0.2, -0.15) is 5.26 Å². The van der Waals surface area contributed by atoms with Crippen molar-refractivity contribution in [3.05, 3.63) is 23.8 Å². The molecule has 1 aromatic carbocycles. The van der Waals surface area contributed by atoms with E-state index in [0.29, 0.717) is 39.6 Å². The molecule has 1 aromatic heterocycles. The Labute approximate surface area is 182 Å². The fourth-order valence-electron chi connectivity index (χ4n) is 5.16. The first-order chi connectivity index (χ1) is 14.6. The molecule has 30 heavy (non-hydrogen) atoms. The number of thioether (sulfide) groups is 1. The van der Waals surface area contributed by atoms with Crippen molar-refractivity contribution in [2.75, 3.05) is 25.8 Å². The minimum atomic E-state index is 0.273. The Morgan fingerprint density at radius 2 is 1.97 bits per heavy atom. The molecule has 2 aromatic rings. The van der Waals surface area contributed by atoms with Gasteiger partial charge in [-0.3, -0.25) is 0 Å². The van der Waals surface area contributed by atoms with E-state index in [-0.39, 0.29) is 6.04 Å². The maximum atomic E-state index is 10.0. The van der Waals surface area contributed by atoms with E-state index < -0.39 is 0 Å². The summed E-state index contributed by atoms with van der Waals surface area (Å²) in [6.07, 6.45) is 7.30. The molecular formula is C23H28N4O2S. The maximum Gasteiger partial charge on any atom is 0.189 e. The lowest BCUT2D eigenvalue weighted by Crippen LogP contribution is -2.30. The number of methoxy groups -OCH3 is 2. The van der Waals surface area contributed by atoms with Crippen LogP contribution in [0.1, 0.15) is 38.2 Å². The largest absolute Gasteiger partial charge is 0.493 e. The summed E-state index contributed by atoms with van der Waals surface area (Å²) >= 11 is 1.47. The predicted octanol–water partition coefficient (Wildman–Crippen LogP) is 4.99. The summed E-state index contributed by atoms with van der Waals surface area (Å²) in [5.74, 6) is 4.20. The molecule has 2 aliphatic rings. The number of nitrogens with one attached hydrogen (secondary N) is 1. The molecule has 4 rings (SSSR count). The fraction of sp³-hybridized carbons (Fsp3) is 0.522. The highest BCUT2D eigenvalue weighted by molar-refractivity contribution is 7.98. The summed E-state index contributed by atoms with van der Waals surface area (Å²) in [6.45, 7) is 2.23. The number of rotatable bonds is 7. The third-order valence-corrected chi connectivity index (χ3v) is 7.19. The SMILES string of the molecule is COc1ccc(-c2nc(SC)nc(NC(C)C3CC4CCC3C4)c2C#N)cc1OC. The molecule has 0 aliphatic heterocycles. The number of hydrogen-bond donors (Lipinski definition) is 1. The van der Waals surface area contributed by atoms with E-state index in [9.17, 15) is 5.26 Å². The van der Waals surface area contributed by atoms with Crippen molar-refractivity contribution in [1.82, 2.24) is 9.97 Å². The van der Waals surface area contributed by atoms with E-state index in [1.807, 2.05) is 24.5 Å². The monoisotopic (exact) mass is 424 g/mol. The number of fused-ring (bicyclic) bond motifs is 2. The third-order valence-electron chi connectivity index (χ3n) is 6.64. The molecular weight excluding hydrogens is 396 g/mol. The predicted molar refractivity (Wildman–Crippen MR) is 119 cm³/mol. The van der Waals surface area contributed by atoms with Gasteiger partial charge in [0.05, 0.1) is 19.9 Å². The Morgan fingerprint density at radius 3 is 2.57 bits per heavy atom. The van der Waals surface area contributed by atoms with Gasteiger partial charge >= 0.3 is 0 Å². The van der Waals surface area contributed by atoms with E-state index in [1.54, 1.807) is 14.2 Å². The van der Waals surface area contributed by atoms with Crippen LogP contribution in [0.5, 0.6) is 11.5 Å². The lowest BCUT2D eigenvalue weighted by atomic mass is 9.84. The summed E-state index contributed by atoms with van der Waals surface area (Å²) in [7, 11) is 3.21. The standard InChI is InChI=1S/C23H28N4O2S/c1-13(17-10-14-5-6-15(17)9-14)25-22-18(12-24)21(26-23(27-22)30-4)16-7-8-19(28-2)20(11-16)29-3/h7-8,11,13-15,17H,5-6,9-10H2,1-4H3,(H,25,26,27). The molecule has 0 saturated heterocycles. The van der Waals surface area contributed by atoms with Gasteiger partial charge in [0.15, 0.2) is 16.7 Å². The van der Waals surface area contributed by atoms with Crippen LogP contribution < -0.4 is 14.8 Å². The Balaban J connectivity index is 1.71. The number of hydrogen-bond acceptors (Lipinski definition) is 7. The average Bonchev–Trinajstić information content (AvgIpc) is 3.41. The zero-order chi connectivity index (χ0) is 21.3. The van der Waals surface area contributed by atoms with E-state index in [4.69, 9.17) is 9.47 Å². The number of nitrogens with zero attached hydrogens (tertiary/aromatic N) is 3. The molecule has 0 radical (unpaired) electrons. The molecule has 1 heterocycles. The second-order valence-electron chi connectivity index (χ2n) is 8.24. The zero-order valence-electron chi connectivity index (χ0n) is 17.9. The van der Waals surface area contributed by atoms with E-state index in [0.717, 1.165) is 17.4 Å². The molecule has 2 aliphatic carbocycles. The van der Waals surface area contributed by atoms with Gasteiger partial charge in [0, 0.05) is 11.6 Å². The van der Waals surface area contributed by atoms with Crippen LogP contribution in [0, 0.1) is 29.1 Å².